The van der Waals surface area contributed by atoms with E-state index in [4.69, 9.17) is 5.73 Å². The molecule has 0 atom stereocenters. The Labute approximate surface area is 115 Å². The molecule has 0 aromatic heterocycles. The standard InChI is InChI=1S/C15H13FN2O2/c16-12-5-1-3-10(7-12)8-14(19)18-13-6-2-4-11(9-13)15(17)20/h1-7,9H,8H2,(H2,17,20)(H,18,19). The fraction of sp³-hybridized carbons (Fsp3) is 0.0667. The monoisotopic (exact) mass is 272 g/mol. The van der Waals surface area contributed by atoms with Gasteiger partial charge in [0.15, 0.2) is 0 Å². The van der Waals surface area contributed by atoms with Crippen LogP contribution in [0.4, 0.5) is 10.1 Å². The molecule has 4 nitrogen and oxygen atoms in total. The van der Waals surface area contributed by atoms with Crippen LogP contribution in [0.3, 0.4) is 0 Å². The first-order chi connectivity index (χ1) is 9.54. The Morgan fingerprint density at radius 2 is 1.85 bits per heavy atom. The van der Waals surface area contributed by atoms with Gasteiger partial charge in [-0.15, -0.1) is 0 Å². The first-order valence-electron chi connectivity index (χ1n) is 5.99. The van der Waals surface area contributed by atoms with Gasteiger partial charge in [0.25, 0.3) is 0 Å². The third-order valence-electron chi connectivity index (χ3n) is 2.68. The van der Waals surface area contributed by atoms with Crippen LogP contribution in [-0.2, 0) is 11.2 Å². The van der Waals surface area contributed by atoms with Gasteiger partial charge < -0.3 is 11.1 Å². The molecule has 20 heavy (non-hydrogen) atoms. The van der Waals surface area contributed by atoms with E-state index < -0.39 is 5.91 Å². The highest BCUT2D eigenvalue weighted by molar-refractivity contribution is 5.96. The Morgan fingerprint density at radius 1 is 1.10 bits per heavy atom. The Hall–Kier alpha value is -2.69. The Balaban J connectivity index is 2.04. The fourth-order valence-electron chi connectivity index (χ4n) is 1.79. The van der Waals surface area contributed by atoms with Gasteiger partial charge in [-0.25, -0.2) is 4.39 Å². The molecular formula is C15H13FN2O2. The Bertz CT molecular complexity index is 656. The van der Waals surface area contributed by atoms with Crippen LogP contribution in [0.5, 0.6) is 0 Å². The maximum Gasteiger partial charge on any atom is 0.248 e. The molecule has 0 unspecified atom stereocenters. The van der Waals surface area contributed by atoms with Crippen LogP contribution in [0.15, 0.2) is 48.5 Å². The SMILES string of the molecule is NC(=O)c1cccc(NC(=O)Cc2cccc(F)c2)c1. The summed E-state index contributed by atoms with van der Waals surface area (Å²) in [5, 5.41) is 2.64. The molecule has 2 aromatic carbocycles. The summed E-state index contributed by atoms with van der Waals surface area (Å²) in [5.41, 5.74) is 6.53. The molecule has 0 aliphatic heterocycles. The van der Waals surface area contributed by atoms with E-state index in [-0.39, 0.29) is 18.1 Å². The van der Waals surface area contributed by atoms with Crippen molar-refractivity contribution >= 4 is 17.5 Å². The lowest BCUT2D eigenvalue weighted by molar-refractivity contribution is -0.115. The summed E-state index contributed by atoms with van der Waals surface area (Å²) < 4.78 is 13.0. The number of primary amides is 1. The van der Waals surface area contributed by atoms with Crippen molar-refractivity contribution in [3.63, 3.8) is 0 Å². The lowest BCUT2D eigenvalue weighted by Crippen LogP contribution is -2.16. The van der Waals surface area contributed by atoms with E-state index in [1.54, 1.807) is 30.3 Å². The zero-order valence-corrected chi connectivity index (χ0v) is 10.6. The average Bonchev–Trinajstić information content (AvgIpc) is 2.38. The maximum absolute atomic E-state index is 13.0. The number of hydrogen-bond acceptors (Lipinski definition) is 2. The Morgan fingerprint density at radius 3 is 2.55 bits per heavy atom. The van der Waals surface area contributed by atoms with Crippen molar-refractivity contribution < 1.29 is 14.0 Å². The highest BCUT2D eigenvalue weighted by atomic mass is 19.1. The molecule has 5 heteroatoms. The summed E-state index contributed by atoms with van der Waals surface area (Å²) in [7, 11) is 0. The molecule has 0 aliphatic carbocycles. The zero-order valence-electron chi connectivity index (χ0n) is 10.6. The van der Waals surface area contributed by atoms with Gasteiger partial charge in [-0.2, -0.15) is 0 Å². The molecule has 2 amide bonds. The maximum atomic E-state index is 13.0. The van der Waals surface area contributed by atoms with Crippen LogP contribution in [0.1, 0.15) is 15.9 Å². The summed E-state index contributed by atoms with van der Waals surface area (Å²) >= 11 is 0. The van der Waals surface area contributed by atoms with Gasteiger partial charge >= 0.3 is 0 Å². The van der Waals surface area contributed by atoms with Gasteiger partial charge in [0.2, 0.25) is 11.8 Å². The van der Waals surface area contributed by atoms with Crippen LogP contribution in [0.25, 0.3) is 0 Å². The van der Waals surface area contributed by atoms with E-state index in [0.29, 0.717) is 16.8 Å². The van der Waals surface area contributed by atoms with E-state index in [1.165, 1.54) is 18.2 Å². The van der Waals surface area contributed by atoms with E-state index in [9.17, 15) is 14.0 Å². The number of nitrogens with one attached hydrogen (secondary N) is 1. The van der Waals surface area contributed by atoms with Gasteiger partial charge in [-0.1, -0.05) is 18.2 Å². The van der Waals surface area contributed by atoms with Crippen LogP contribution in [0, 0.1) is 5.82 Å². The minimum absolute atomic E-state index is 0.0541. The van der Waals surface area contributed by atoms with Crippen molar-refractivity contribution in [2.45, 2.75) is 6.42 Å². The molecule has 0 radical (unpaired) electrons. The lowest BCUT2D eigenvalue weighted by atomic mass is 10.1. The third-order valence-corrected chi connectivity index (χ3v) is 2.68. The van der Waals surface area contributed by atoms with Crippen molar-refractivity contribution in [3.8, 4) is 0 Å². The van der Waals surface area contributed by atoms with Crippen LogP contribution >= 0.6 is 0 Å². The predicted octanol–water partition coefficient (Wildman–Crippen LogP) is 2.11. The average molecular weight is 272 g/mol. The number of benzene rings is 2. The molecule has 0 saturated heterocycles. The summed E-state index contributed by atoms with van der Waals surface area (Å²) in [6.07, 6.45) is 0.0541. The molecule has 0 bridgehead atoms. The third kappa shape index (κ3) is 3.65. The fourth-order valence-corrected chi connectivity index (χ4v) is 1.79. The molecule has 0 heterocycles. The molecule has 0 saturated carbocycles. The predicted molar refractivity (Wildman–Crippen MR) is 73.7 cm³/mol. The van der Waals surface area contributed by atoms with E-state index in [1.807, 2.05) is 0 Å². The number of anilines is 1. The minimum Gasteiger partial charge on any atom is -0.366 e. The topological polar surface area (TPSA) is 72.2 Å². The molecule has 0 spiro atoms. The molecule has 0 aliphatic rings. The summed E-state index contributed by atoms with van der Waals surface area (Å²) in [4.78, 5) is 22.9. The van der Waals surface area contributed by atoms with Crippen LogP contribution in [0.2, 0.25) is 0 Å². The number of carbonyl (C=O) groups excluding carboxylic acids is 2. The van der Waals surface area contributed by atoms with Gasteiger partial charge in [0.1, 0.15) is 5.82 Å². The van der Waals surface area contributed by atoms with Gasteiger partial charge in [-0.05, 0) is 35.9 Å². The van der Waals surface area contributed by atoms with Crippen molar-refractivity contribution in [3.05, 3.63) is 65.5 Å². The van der Waals surface area contributed by atoms with Crippen molar-refractivity contribution in [1.82, 2.24) is 0 Å². The van der Waals surface area contributed by atoms with Crippen molar-refractivity contribution in [2.24, 2.45) is 5.73 Å². The summed E-state index contributed by atoms with van der Waals surface area (Å²) in [6, 6.07) is 12.2. The van der Waals surface area contributed by atoms with Gasteiger partial charge in [0.05, 0.1) is 6.42 Å². The molecular weight excluding hydrogens is 259 g/mol. The second-order valence-electron chi connectivity index (χ2n) is 4.30. The number of nitrogens with two attached hydrogens (primary N) is 1. The normalized spacial score (nSPS) is 10.1. The van der Waals surface area contributed by atoms with Crippen molar-refractivity contribution in [1.29, 1.82) is 0 Å². The molecule has 3 N–H and O–H groups in total. The first kappa shape index (κ1) is 13.7. The zero-order chi connectivity index (χ0) is 14.5. The quantitative estimate of drug-likeness (QED) is 0.894. The highest BCUT2D eigenvalue weighted by Gasteiger charge is 2.06. The van der Waals surface area contributed by atoms with Crippen LogP contribution in [-0.4, -0.2) is 11.8 Å². The highest BCUT2D eigenvalue weighted by Crippen LogP contribution is 2.11. The smallest absolute Gasteiger partial charge is 0.248 e. The van der Waals surface area contributed by atoms with Crippen LogP contribution < -0.4 is 11.1 Å². The molecule has 102 valence electrons. The number of halogens is 1. The largest absolute Gasteiger partial charge is 0.366 e. The van der Waals surface area contributed by atoms with E-state index in [2.05, 4.69) is 5.32 Å². The second-order valence-corrected chi connectivity index (χ2v) is 4.30. The minimum atomic E-state index is -0.564. The lowest BCUT2D eigenvalue weighted by Gasteiger charge is -2.06. The summed E-state index contributed by atoms with van der Waals surface area (Å²) in [5.74, 6) is -1.24. The molecule has 2 rings (SSSR count). The van der Waals surface area contributed by atoms with Gasteiger partial charge in [-0.3, -0.25) is 9.59 Å². The second kappa shape index (κ2) is 5.97. The molecule has 0 fully saturated rings. The van der Waals surface area contributed by atoms with Gasteiger partial charge in [0, 0.05) is 11.3 Å². The first-order valence-corrected chi connectivity index (χ1v) is 5.99. The van der Waals surface area contributed by atoms with E-state index in [0.717, 1.165) is 0 Å². The number of amides is 2. The number of carbonyl (C=O) groups is 2. The van der Waals surface area contributed by atoms with Crippen molar-refractivity contribution in [2.75, 3.05) is 5.32 Å². The molecule has 2 aromatic rings. The number of rotatable bonds is 4. The number of hydrogen-bond donors (Lipinski definition) is 2. The van der Waals surface area contributed by atoms with E-state index >= 15 is 0 Å². The Kier molecular flexibility index (Phi) is 4.10. The summed E-state index contributed by atoms with van der Waals surface area (Å²) in [6.45, 7) is 0.